The predicted molar refractivity (Wildman–Crippen MR) is 107 cm³/mol. The van der Waals surface area contributed by atoms with Crippen molar-refractivity contribution < 1.29 is 19.5 Å². The van der Waals surface area contributed by atoms with E-state index < -0.39 is 11.9 Å². The van der Waals surface area contributed by atoms with Crippen molar-refractivity contribution in [1.82, 2.24) is 20.5 Å². The highest BCUT2D eigenvalue weighted by Crippen LogP contribution is 2.34. The lowest BCUT2D eigenvalue weighted by Crippen LogP contribution is -2.42. The maximum atomic E-state index is 12.3. The molecular weight excluding hydrogens is 372 g/mol. The van der Waals surface area contributed by atoms with Gasteiger partial charge in [-0.3, -0.25) is 14.9 Å². The van der Waals surface area contributed by atoms with Gasteiger partial charge in [-0.1, -0.05) is 31.4 Å². The second kappa shape index (κ2) is 8.14. The van der Waals surface area contributed by atoms with Gasteiger partial charge >= 0.3 is 6.03 Å². The van der Waals surface area contributed by atoms with Crippen molar-refractivity contribution in [1.29, 1.82) is 0 Å². The zero-order valence-electron chi connectivity index (χ0n) is 16.2. The van der Waals surface area contributed by atoms with Crippen molar-refractivity contribution in [2.24, 2.45) is 0 Å². The van der Waals surface area contributed by atoms with Crippen LogP contribution in [0.3, 0.4) is 0 Å². The molecule has 1 atom stereocenters. The van der Waals surface area contributed by atoms with Crippen molar-refractivity contribution in [3.63, 3.8) is 0 Å². The number of benzene rings is 1. The van der Waals surface area contributed by atoms with E-state index >= 15 is 0 Å². The van der Waals surface area contributed by atoms with Gasteiger partial charge in [0.15, 0.2) is 5.88 Å². The van der Waals surface area contributed by atoms with Gasteiger partial charge in [-0.2, -0.15) is 0 Å². The third kappa shape index (κ3) is 4.06. The van der Waals surface area contributed by atoms with Gasteiger partial charge in [-0.05, 0) is 30.9 Å². The number of aromatic nitrogens is 1. The van der Waals surface area contributed by atoms with Gasteiger partial charge in [0, 0.05) is 36.0 Å². The molecule has 2 aliphatic rings. The van der Waals surface area contributed by atoms with Crippen LogP contribution < -0.4 is 16.0 Å². The first-order valence-electron chi connectivity index (χ1n) is 10.2. The summed E-state index contributed by atoms with van der Waals surface area (Å²) < 4.78 is 1.51. The third-order valence-corrected chi connectivity index (χ3v) is 5.88. The third-order valence-electron chi connectivity index (χ3n) is 5.88. The maximum Gasteiger partial charge on any atom is 0.315 e. The molecule has 2 fully saturated rings. The number of fused-ring (bicyclic) bond motifs is 1. The SMILES string of the molecule is O=C1CCC(n2cc3c(CNC(=O)NC4CCCCC4)cccc3c2O)C(=O)N1. The fraction of sp³-hybridized carbons (Fsp3) is 0.476. The molecule has 154 valence electrons. The second-order valence-electron chi connectivity index (χ2n) is 7.87. The number of nitrogens with zero attached hydrogens (tertiary/aromatic N) is 1. The van der Waals surface area contributed by atoms with Crippen LogP contribution in [0.1, 0.15) is 56.6 Å². The van der Waals surface area contributed by atoms with Crippen LogP contribution in [0.15, 0.2) is 24.4 Å². The number of imide groups is 1. The lowest BCUT2D eigenvalue weighted by molar-refractivity contribution is -0.135. The number of rotatable bonds is 4. The Hall–Kier alpha value is -3.03. The summed E-state index contributed by atoms with van der Waals surface area (Å²) in [5.41, 5.74) is 0.850. The van der Waals surface area contributed by atoms with Crippen LogP contribution in [0.25, 0.3) is 10.8 Å². The Morgan fingerprint density at radius 3 is 2.69 bits per heavy atom. The zero-order chi connectivity index (χ0) is 20.4. The number of hydrogen-bond acceptors (Lipinski definition) is 4. The minimum absolute atomic E-state index is 0.0111. The number of nitrogens with one attached hydrogen (secondary N) is 3. The molecule has 4 amide bonds. The van der Waals surface area contributed by atoms with E-state index in [0.29, 0.717) is 18.4 Å². The molecule has 0 bridgehead atoms. The van der Waals surface area contributed by atoms with Crippen LogP contribution in [0, 0.1) is 0 Å². The number of aromatic hydroxyl groups is 1. The van der Waals surface area contributed by atoms with Crippen LogP contribution in [-0.4, -0.2) is 33.6 Å². The molecule has 1 aromatic heterocycles. The quantitative estimate of drug-likeness (QED) is 0.593. The fourth-order valence-electron chi connectivity index (χ4n) is 4.30. The minimum atomic E-state index is -0.629. The van der Waals surface area contributed by atoms with Gasteiger partial charge in [-0.25, -0.2) is 4.79 Å². The molecule has 1 saturated carbocycles. The lowest BCUT2D eigenvalue weighted by atomic mass is 9.96. The summed E-state index contributed by atoms with van der Waals surface area (Å²) in [6, 6.07) is 4.89. The summed E-state index contributed by atoms with van der Waals surface area (Å²) in [7, 11) is 0. The Labute approximate surface area is 168 Å². The number of hydrogen-bond donors (Lipinski definition) is 4. The fourth-order valence-corrected chi connectivity index (χ4v) is 4.30. The summed E-state index contributed by atoms with van der Waals surface area (Å²) in [5.74, 6) is -0.720. The van der Waals surface area contributed by atoms with Crippen molar-refractivity contribution in [3.05, 3.63) is 30.0 Å². The highest BCUT2D eigenvalue weighted by Gasteiger charge is 2.30. The van der Waals surface area contributed by atoms with Crippen molar-refractivity contribution >= 4 is 28.6 Å². The summed E-state index contributed by atoms with van der Waals surface area (Å²) in [6.07, 6.45) is 7.87. The van der Waals surface area contributed by atoms with Gasteiger partial charge in [0.1, 0.15) is 6.04 Å². The monoisotopic (exact) mass is 398 g/mol. The van der Waals surface area contributed by atoms with Crippen LogP contribution >= 0.6 is 0 Å². The normalized spacial score (nSPS) is 20.5. The zero-order valence-corrected chi connectivity index (χ0v) is 16.2. The molecule has 8 heteroatoms. The van der Waals surface area contributed by atoms with Crippen LogP contribution in [0.2, 0.25) is 0 Å². The topological polar surface area (TPSA) is 112 Å². The first kappa shape index (κ1) is 19.3. The van der Waals surface area contributed by atoms with E-state index in [1.165, 1.54) is 11.0 Å². The number of piperidine rings is 1. The number of urea groups is 1. The predicted octanol–water partition coefficient (Wildman–Crippen LogP) is 2.46. The molecule has 8 nitrogen and oxygen atoms in total. The molecule has 1 aliphatic carbocycles. The highest BCUT2D eigenvalue weighted by molar-refractivity contribution is 6.00. The number of carbonyl (C=O) groups excluding carboxylic acids is 3. The van der Waals surface area contributed by atoms with E-state index in [1.807, 2.05) is 12.1 Å². The number of amides is 4. The van der Waals surface area contributed by atoms with Crippen molar-refractivity contribution in [2.75, 3.05) is 0 Å². The average Bonchev–Trinajstić information content (AvgIpc) is 3.04. The smallest absolute Gasteiger partial charge is 0.315 e. The van der Waals surface area contributed by atoms with E-state index in [2.05, 4.69) is 16.0 Å². The van der Waals surface area contributed by atoms with Gasteiger partial charge in [-0.15, -0.1) is 0 Å². The molecule has 1 saturated heterocycles. The molecule has 1 unspecified atom stereocenters. The molecule has 4 N–H and O–H groups in total. The standard InChI is InChI=1S/C21H26N4O4/c26-18-10-9-17(19(27)24-18)25-12-16-13(5-4-8-15(16)20(25)28)11-22-21(29)23-14-6-2-1-3-7-14/h4-5,8,12,14,17,28H,1-3,6-7,9-11H2,(H2,22,23,29)(H,24,26,27). The van der Waals surface area contributed by atoms with E-state index in [4.69, 9.17) is 0 Å². The van der Waals surface area contributed by atoms with Gasteiger partial charge < -0.3 is 20.3 Å². The van der Waals surface area contributed by atoms with Crippen molar-refractivity contribution in [2.45, 2.75) is 63.6 Å². The van der Waals surface area contributed by atoms with E-state index in [1.54, 1.807) is 12.3 Å². The summed E-state index contributed by atoms with van der Waals surface area (Å²) in [4.78, 5) is 35.8. The first-order chi connectivity index (χ1) is 14.0. The first-order valence-corrected chi connectivity index (χ1v) is 10.2. The largest absolute Gasteiger partial charge is 0.494 e. The maximum absolute atomic E-state index is 12.3. The summed E-state index contributed by atoms with van der Waals surface area (Å²) >= 11 is 0. The molecule has 2 aromatic rings. The Morgan fingerprint density at radius 1 is 1.14 bits per heavy atom. The highest BCUT2D eigenvalue weighted by atomic mass is 16.3. The molecule has 0 spiro atoms. The average molecular weight is 398 g/mol. The van der Waals surface area contributed by atoms with Crippen molar-refractivity contribution in [3.8, 4) is 5.88 Å². The Balaban J connectivity index is 1.49. The second-order valence-corrected chi connectivity index (χ2v) is 7.87. The molecular formula is C21H26N4O4. The molecule has 0 radical (unpaired) electrons. The minimum Gasteiger partial charge on any atom is -0.494 e. The molecule has 4 rings (SSSR count). The van der Waals surface area contributed by atoms with E-state index in [9.17, 15) is 19.5 Å². The molecule has 29 heavy (non-hydrogen) atoms. The Kier molecular flexibility index (Phi) is 5.42. The summed E-state index contributed by atoms with van der Waals surface area (Å²) in [6.45, 7) is 0.314. The van der Waals surface area contributed by atoms with E-state index in [0.717, 1.165) is 36.6 Å². The Morgan fingerprint density at radius 2 is 1.93 bits per heavy atom. The molecule has 1 aromatic carbocycles. The van der Waals surface area contributed by atoms with Gasteiger partial charge in [0.2, 0.25) is 11.8 Å². The summed E-state index contributed by atoms with van der Waals surface area (Å²) in [5, 5.41) is 20.3. The molecule has 1 aliphatic heterocycles. The van der Waals surface area contributed by atoms with Crippen LogP contribution in [0.5, 0.6) is 5.88 Å². The Bertz CT molecular complexity index is 946. The van der Waals surface area contributed by atoms with Crippen LogP contribution in [-0.2, 0) is 16.1 Å². The van der Waals surface area contributed by atoms with Crippen LogP contribution in [0.4, 0.5) is 4.79 Å². The van der Waals surface area contributed by atoms with Gasteiger partial charge in [0.25, 0.3) is 0 Å². The lowest BCUT2D eigenvalue weighted by Gasteiger charge is -2.23. The molecule has 2 heterocycles. The van der Waals surface area contributed by atoms with Gasteiger partial charge in [0.05, 0.1) is 0 Å². The van der Waals surface area contributed by atoms with E-state index in [-0.39, 0.29) is 30.3 Å². The number of carbonyl (C=O) groups is 3.